The van der Waals surface area contributed by atoms with Gasteiger partial charge >= 0.3 is 0 Å². The lowest BCUT2D eigenvalue weighted by atomic mass is 10.1. The minimum atomic E-state index is 0.752. The van der Waals surface area contributed by atoms with Gasteiger partial charge in [0, 0.05) is 18.0 Å². The Bertz CT molecular complexity index is 525. The third-order valence-electron chi connectivity index (χ3n) is 3.94. The van der Waals surface area contributed by atoms with Crippen LogP contribution in [0.2, 0.25) is 0 Å². The zero-order valence-corrected chi connectivity index (χ0v) is 14.2. The Hall–Kier alpha value is -1.90. The van der Waals surface area contributed by atoms with Crippen LogP contribution in [-0.2, 0) is 0 Å². The number of aromatic nitrogens is 2. The average molecular weight is 312 g/mol. The van der Waals surface area contributed by atoms with Crippen molar-refractivity contribution in [3.63, 3.8) is 0 Å². The Labute approximate surface area is 140 Å². The van der Waals surface area contributed by atoms with E-state index in [4.69, 9.17) is 4.74 Å². The number of unbranched alkanes of at least 4 members (excludes halogenated alkanes) is 7. The van der Waals surface area contributed by atoms with E-state index in [0.717, 1.165) is 30.2 Å². The van der Waals surface area contributed by atoms with Gasteiger partial charge in [0.15, 0.2) is 5.82 Å². The quantitative estimate of drug-likeness (QED) is 0.502. The van der Waals surface area contributed by atoms with Crippen molar-refractivity contribution < 1.29 is 4.74 Å². The van der Waals surface area contributed by atoms with Gasteiger partial charge in [-0.15, -0.1) is 0 Å². The van der Waals surface area contributed by atoms with E-state index in [0.29, 0.717) is 0 Å². The SMILES string of the molecule is CCCCCCCCCCOc1ccc(-c2ncccn2)cc1. The number of nitrogens with zero attached hydrogens (tertiary/aromatic N) is 2. The fraction of sp³-hybridized carbons (Fsp3) is 0.500. The molecule has 3 nitrogen and oxygen atoms in total. The molecule has 0 N–H and O–H groups in total. The minimum absolute atomic E-state index is 0.752. The smallest absolute Gasteiger partial charge is 0.159 e. The highest BCUT2D eigenvalue weighted by molar-refractivity contribution is 5.55. The predicted octanol–water partition coefficient (Wildman–Crippen LogP) is 5.66. The molecule has 0 aliphatic heterocycles. The summed E-state index contributed by atoms with van der Waals surface area (Å²) in [6, 6.07) is 9.84. The summed E-state index contributed by atoms with van der Waals surface area (Å²) in [6.45, 7) is 3.06. The first-order chi connectivity index (χ1) is 11.4. The largest absolute Gasteiger partial charge is 0.494 e. The predicted molar refractivity (Wildman–Crippen MR) is 95.6 cm³/mol. The highest BCUT2D eigenvalue weighted by Gasteiger charge is 2.00. The lowest BCUT2D eigenvalue weighted by Gasteiger charge is -2.07. The zero-order chi connectivity index (χ0) is 16.2. The molecule has 1 heterocycles. The number of hydrogen-bond donors (Lipinski definition) is 0. The normalized spacial score (nSPS) is 10.7. The van der Waals surface area contributed by atoms with Crippen LogP contribution in [0.4, 0.5) is 0 Å². The van der Waals surface area contributed by atoms with Gasteiger partial charge in [0.05, 0.1) is 6.61 Å². The second kappa shape index (κ2) is 10.8. The summed E-state index contributed by atoms with van der Waals surface area (Å²) in [6.07, 6.45) is 14.1. The first-order valence-electron chi connectivity index (χ1n) is 8.90. The van der Waals surface area contributed by atoms with Crippen molar-refractivity contribution in [1.29, 1.82) is 0 Å². The molecule has 3 heteroatoms. The van der Waals surface area contributed by atoms with Crippen LogP contribution in [0.1, 0.15) is 58.3 Å². The Morgan fingerprint density at radius 1 is 0.783 bits per heavy atom. The topological polar surface area (TPSA) is 35.0 Å². The van der Waals surface area contributed by atoms with Crippen LogP contribution in [0.3, 0.4) is 0 Å². The Morgan fingerprint density at radius 3 is 2.04 bits per heavy atom. The van der Waals surface area contributed by atoms with Crippen molar-refractivity contribution in [1.82, 2.24) is 9.97 Å². The van der Waals surface area contributed by atoms with Gasteiger partial charge in [0.2, 0.25) is 0 Å². The van der Waals surface area contributed by atoms with Gasteiger partial charge in [-0.25, -0.2) is 9.97 Å². The van der Waals surface area contributed by atoms with Crippen molar-refractivity contribution in [3.8, 4) is 17.1 Å². The molecule has 0 saturated heterocycles. The van der Waals surface area contributed by atoms with E-state index < -0.39 is 0 Å². The third kappa shape index (κ3) is 6.81. The zero-order valence-electron chi connectivity index (χ0n) is 14.2. The van der Waals surface area contributed by atoms with Gasteiger partial charge < -0.3 is 4.74 Å². The fourth-order valence-electron chi connectivity index (χ4n) is 2.57. The van der Waals surface area contributed by atoms with E-state index >= 15 is 0 Å². The van der Waals surface area contributed by atoms with E-state index in [9.17, 15) is 0 Å². The van der Waals surface area contributed by atoms with Gasteiger partial charge in [-0.05, 0) is 36.8 Å². The maximum atomic E-state index is 5.80. The molecule has 1 aromatic carbocycles. The van der Waals surface area contributed by atoms with Crippen LogP contribution in [0.25, 0.3) is 11.4 Å². The van der Waals surface area contributed by atoms with Gasteiger partial charge in [-0.1, -0.05) is 51.9 Å². The second-order valence-electron chi connectivity index (χ2n) is 5.92. The van der Waals surface area contributed by atoms with E-state index in [1.165, 1.54) is 44.9 Å². The summed E-state index contributed by atoms with van der Waals surface area (Å²) in [4.78, 5) is 8.50. The number of rotatable bonds is 11. The molecule has 0 spiro atoms. The molecule has 1 aromatic heterocycles. The monoisotopic (exact) mass is 312 g/mol. The van der Waals surface area contributed by atoms with Gasteiger partial charge in [-0.3, -0.25) is 0 Å². The first-order valence-corrected chi connectivity index (χ1v) is 8.90. The highest BCUT2D eigenvalue weighted by Crippen LogP contribution is 2.19. The summed E-state index contributed by atoms with van der Waals surface area (Å²) in [5.41, 5.74) is 1.02. The number of benzene rings is 1. The van der Waals surface area contributed by atoms with E-state index in [1.807, 2.05) is 30.3 Å². The fourth-order valence-corrected chi connectivity index (χ4v) is 2.57. The molecule has 0 amide bonds. The second-order valence-corrected chi connectivity index (χ2v) is 5.92. The molecule has 0 aliphatic rings. The Morgan fingerprint density at radius 2 is 1.39 bits per heavy atom. The molecule has 23 heavy (non-hydrogen) atoms. The highest BCUT2D eigenvalue weighted by atomic mass is 16.5. The molecule has 0 radical (unpaired) electrons. The molecule has 0 saturated carbocycles. The van der Waals surface area contributed by atoms with Crippen LogP contribution >= 0.6 is 0 Å². The summed E-state index contributed by atoms with van der Waals surface area (Å²) in [5, 5.41) is 0. The molecular weight excluding hydrogens is 284 g/mol. The molecule has 0 aliphatic carbocycles. The molecule has 2 aromatic rings. The molecule has 0 unspecified atom stereocenters. The van der Waals surface area contributed by atoms with Gasteiger partial charge in [0.25, 0.3) is 0 Å². The van der Waals surface area contributed by atoms with E-state index in [2.05, 4.69) is 16.9 Å². The van der Waals surface area contributed by atoms with Crippen LogP contribution in [0, 0.1) is 0 Å². The molecule has 0 fully saturated rings. The first kappa shape index (κ1) is 17.5. The molecule has 2 rings (SSSR count). The summed E-state index contributed by atoms with van der Waals surface area (Å²) in [5.74, 6) is 1.68. The summed E-state index contributed by atoms with van der Waals surface area (Å²) in [7, 11) is 0. The van der Waals surface area contributed by atoms with E-state index in [1.54, 1.807) is 12.4 Å². The van der Waals surface area contributed by atoms with Crippen molar-refractivity contribution in [2.75, 3.05) is 6.61 Å². The van der Waals surface area contributed by atoms with Crippen molar-refractivity contribution >= 4 is 0 Å². The standard InChI is InChI=1S/C20H28N2O/c1-2-3-4-5-6-7-8-9-17-23-19-13-11-18(12-14-19)20-21-15-10-16-22-20/h10-16H,2-9,17H2,1H3. The molecule has 0 atom stereocenters. The van der Waals surface area contributed by atoms with Gasteiger partial charge in [-0.2, -0.15) is 0 Å². The maximum absolute atomic E-state index is 5.80. The molecular formula is C20H28N2O. The number of ether oxygens (including phenoxy) is 1. The lowest BCUT2D eigenvalue weighted by Crippen LogP contribution is -1.97. The minimum Gasteiger partial charge on any atom is -0.494 e. The summed E-state index contributed by atoms with van der Waals surface area (Å²) >= 11 is 0. The Balaban J connectivity index is 1.60. The third-order valence-corrected chi connectivity index (χ3v) is 3.94. The average Bonchev–Trinajstić information content (AvgIpc) is 2.62. The van der Waals surface area contributed by atoms with Crippen molar-refractivity contribution in [2.45, 2.75) is 58.3 Å². The van der Waals surface area contributed by atoms with Gasteiger partial charge in [0.1, 0.15) is 5.75 Å². The van der Waals surface area contributed by atoms with Crippen LogP contribution in [-0.4, -0.2) is 16.6 Å². The maximum Gasteiger partial charge on any atom is 0.159 e. The van der Waals surface area contributed by atoms with Crippen LogP contribution in [0.15, 0.2) is 42.7 Å². The van der Waals surface area contributed by atoms with Crippen molar-refractivity contribution in [2.24, 2.45) is 0 Å². The molecule has 0 bridgehead atoms. The Kier molecular flexibility index (Phi) is 8.17. The van der Waals surface area contributed by atoms with Crippen LogP contribution < -0.4 is 4.74 Å². The van der Waals surface area contributed by atoms with E-state index in [-0.39, 0.29) is 0 Å². The van der Waals surface area contributed by atoms with Crippen molar-refractivity contribution in [3.05, 3.63) is 42.7 Å². The summed E-state index contributed by atoms with van der Waals surface area (Å²) < 4.78 is 5.80. The lowest BCUT2D eigenvalue weighted by molar-refractivity contribution is 0.304. The molecule has 124 valence electrons. The van der Waals surface area contributed by atoms with Crippen LogP contribution in [0.5, 0.6) is 5.75 Å². The number of hydrogen-bond acceptors (Lipinski definition) is 3.